The number of hydrogen-bond acceptors (Lipinski definition) is 4. The molecule has 2 unspecified atom stereocenters. The Morgan fingerprint density at radius 1 is 1.28 bits per heavy atom. The van der Waals surface area contributed by atoms with Crippen LogP contribution in [0.5, 0.6) is 0 Å². The number of benzene rings is 1. The predicted molar refractivity (Wildman–Crippen MR) is 66.8 cm³/mol. The highest BCUT2D eigenvalue weighted by Crippen LogP contribution is 2.45. The van der Waals surface area contributed by atoms with Gasteiger partial charge in [0.2, 0.25) is 0 Å². The van der Waals surface area contributed by atoms with Gasteiger partial charge in [-0.1, -0.05) is 18.1 Å². The van der Waals surface area contributed by atoms with Crippen LogP contribution in [-0.4, -0.2) is 10.1 Å². The fourth-order valence-corrected chi connectivity index (χ4v) is 2.61. The molecule has 92 valence electrons. The molecule has 1 aliphatic carbocycles. The van der Waals surface area contributed by atoms with Crippen molar-refractivity contribution in [1.29, 1.82) is 0 Å². The van der Waals surface area contributed by atoms with Crippen LogP contribution in [0.1, 0.15) is 36.2 Å². The number of nitrogens with one attached hydrogen (secondary N) is 1. The van der Waals surface area contributed by atoms with Gasteiger partial charge in [0, 0.05) is 24.6 Å². The second-order valence-electron chi connectivity index (χ2n) is 5.36. The van der Waals surface area contributed by atoms with E-state index in [-0.39, 0.29) is 0 Å². The Morgan fingerprint density at radius 3 is 2.94 bits per heavy atom. The molecule has 2 atom stereocenters. The molecule has 2 aromatic rings. The Kier molecular flexibility index (Phi) is 2.08. The molecule has 1 fully saturated rings. The van der Waals surface area contributed by atoms with Crippen molar-refractivity contribution in [2.24, 2.45) is 5.92 Å². The number of aromatic nitrogens is 2. The van der Waals surface area contributed by atoms with Crippen LogP contribution in [0.25, 0.3) is 11.5 Å². The first-order valence-electron chi connectivity index (χ1n) is 6.48. The van der Waals surface area contributed by atoms with Gasteiger partial charge in [-0.3, -0.25) is 0 Å². The highest BCUT2D eigenvalue weighted by Gasteiger charge is 2.38. The standard InChI is InChI=1S/C14H15N3O/c1-8-4-12(8)13-16-14(18-17-13)9-2-3-10-6-15-7-11(10)5-9/h2-3,5,8,12,15H,4,6-7H2,1H3. The van der Waals surface area contributed by atoms with Crippen molar-refractivity contribution in [2.45, 2.75) is 32.4 Å². The molecule has 1 aliphatic heterocycles. The molecule has 1 N–H and O–H groups in total. The van der Waals surface area contributed by atoms with Crippen LogP contribution in [0.2, 0.25) is 0 Å². The summed E-state index contributed by atoms with van der Waals surface area (Å²) < 4.78 is 5.38. The van der Waals surface area contributed by atoms with E-state index >= 15 is 0 Å². The number of fused-ring (bicyclic) bond motifs is 1. The lowest BCUT2D eigenvalue weighted by Gasteiger charge is -1.99. The molecule has 18 heavy (non-hydrogen) atoms. The molecule has 0 saturated heterocycles. The van der Waals surface area contributed by atoms with Crippen LogP contribution in [-0.2, 0) is 13.1 Å². The van der Waals surface area contributed by atoms with Crippen LogP contribution < -0.4 is 5.32 Å². The molecule has 1 saturated carbocycles. The first-order valence-corrected chi connectivity index (χ1v) is 6.48. The molecule has 1 aromatic heterocycles. The van der Waals surface area contributed by atoms with Gasteiger partial charge in [0.1, 0.15) is 0 Å². The molecule has 4 heteroatoms. The van der Waals surface area contributed by atoms with Gasteiger partial charge in [0.15, 0.2) is 5.82 Å². The monoisotopic (exact) mass is 241 g/mol. The van der Waals surface area contributed by atoms with Crippen molar-refractivity contribution in [2.75, 3.05) is 0 Å². The number of nitrogens with zero attached hydrogens (tertiary/aromatic N) is 2. The molecule has 0 bridgehead atoms. The summed E-state index contributed by atoms with van der Waals surface area (Å²) in [5.74, 6) is 2.74. The molecule has 0 amide bonds. The molecule has 0 spiro atoms. The van der Waals surface area contributed by atoms with E-state index in [1.165, 1.54) is 17.5 Å². The Balaban J connectivity index is 1.68. The summed E-state index contributed by atoms with van der Waals surface area (Å²) >= 11 is 0. The topological polar surface area (TPSA) is 51.0 Å². The van der Waals surface area contributed by atoms with Crippen molar-refractivity contribution < 1.29 is 4.52 Å². The fourth-order valence-electron chi connectivity index (χ4n) is 2.61. The van der Waals surface area contributed by atoms with E-state index in [2.05, 4.69) is 40.6 Å². The summed E-state index contributed by atoms with van der Waals surface area (Å²) in [5, 5.41) is 7.44. The van der Waals surface area contributed by atoms with E-state index in [1.54, 1.807) is 0 Å². The maximum Gasteiger partial charge on any atom is 0.257 e. The summed E-state index contributed by atoms with van der Waals surface area (Å²) in [5.41, 5.74) is 3.74. The Hall–Kier alpha value is -1.68. The normalized spacial score (nSPS) is 25.2. The minimum Gasteiger partial charge on any atom is -0.334 e. The minimum absolute atomic E-state index is 0.513. The van der Waals surface area contributed by atoms with E-state index in [0.717, 1.165) is 24.5 Å². The Bertz CT molecular complexity index is 605. The smallest absolute Gasteiger partial charge is 0.257 e. The second-order valence-corrected chi connectivity index (χ2v) is 5.36. The van der Waals surface area contributed by atoms with Gasteiger partial charge in [0.25, 0.3) is 5.89 Å². The summed E-state index contributed by atoms with van der Waals surface area (Å²) in [4.78, 5) is 4.52. The lowest BCUT2D eigenvalue weighted by molar-refractivity contribution is 0.422. The zero-order valence-electron chi connectivity index (χ0n) is 10.3. The van der Waals surface area contributed by atoms with Gasteiger partial charge < -0.3 is 9.84 Å². The van der Waals surface area contributed by atoms with Crippen LogP contribution in [0.3, 0.4) is 0 Å². The van der Waals surface area contributed by atoms with Crippen LogP contribution in [0.4, 0.5) is 0 Å². The maximum absolute atomic E-state index is 5.38. The largest absolute Gasteiger partial charge is 0.334 e. The number of rotatable bonds is 2. The SMILES string of the molecule is CC1CC1c1noc(-c2ccc3c(c2)CNC3)n1. The molecule has 2 aliphatic rings. The van der Waals surface area contributed by atoms with Gasteiger partial charge >= 0.3 is 0 Å². The third-order valence-electron chi connectivity index (χ3n) is 3.97. The highest BCUT2D eigenvalue weighted by atomic mass is 16.5. The van der Waals surface area contributed by atoms with Crippen molar-refractivity contribution in [3.8, 4) is 11.5 Å². The summed E-state index contributed by atoms with van der Waals surface area (Å²) in [7, 11) is 0. The van der Waals surface area contributed by atoms with Crippen LogP contribution >= 0.6 is 0 Å². The molecule has 4 nitrogen and oxygen atoms in total. The van der Waals surface area contributed by atoms with Gasteiger partial charge in [-0.2, -0.15) is 4.98 Å². The van der Waals surface area contributed by atoms with Crippen molar-refractivity contribution in [3.63, 3.8) is 0 Å². The zero-order valence-corrected chi connectivity index (χ0v) is 10.3. The Morgan fingerprint density at radius 2 is 2.11 bits per heavy atom. The molecular formula is C14H15N3O. The molecule has 1 aromatic carbocycles. The molecule has 0 radical (unpaired) electrons. The van der Waals surface area contributed by atoms with Gasteiger partial charge in [-0.05, 0) is 35.6 Å². The maximum atomic E-state index is 5.38. The van der Waals surface area contributed by atoms with Crippen molar-refractivity contribution in [1.82, 2.24) is 15.5 Å². The van der Waals surface area contributed by atoms with Gasteiger partial charge in [-0.25, -0.2) is 0 Å². The quantitative estimate of drug-likeness (QED) is 0.877. The van der Waals surface area contributed by atoms with E-state index in [4.69, 9.17) is 4.52 Å². The van der Waals surface area contributed by atoms with Crippen LogP contribution in [0, 0.1) is 5.92 Å². The zero-order chi connectivity index (χ0) is 12.1. The predicted octanol–water partition coefficient (Wildman–Crippen LogP) is 2.46. The average molecular weight is 241 g/mol. The van der Waals surface area contributed by atoms with E-state index in [9.17, 15) is 0 Å². The second kappa shape index (κ2) is 3.65. The van der Waals surface area contributed by atoms with Gasteiger partial charge in [-0.15, -0.1) is 0 Å². The average Bonchev–Trinajstić information content (AvgIpc) is 2.88. The number of hydrogen-bond donors (Lipinski definition) is 1. The van der Waals surface area contributed by atoms with Crippen LogP contribution in [0.15, 0.2) is 22.7 Å². The summed E-state index contributed by atoms with van der Waals surface area (Å²) in [6, 6.07) is 6.37. The third-order valence-corrected chi connectivity index (χ3v) is 3.97. The molecule has 2 heterocycles. The summed E-state index contributed by atoms with van der Waals surface area (Å²) in [6.07, 6.45) is 1.19. The van der Waals surface area contributed by atoms with E-state index in [1.807, 2.05) is 0 Å². The lowest BCUT2D eigenvalue weighted by atomic mass is 10.1. The minimum atomic E-state index is 0.513. The van der Waals surface area contributed by atoms with E-state index < -0.39 is 0 Å². The Labute approximate surface area is 105 Å². The highest BCUT2D eigenvalue weighted by molar-refractivity contribution is 5.56. The van der Waals surface area contributed by atoms with E-state index in [0.29, 0.717) is 17.7 Å². The molecular weight excluding hydrogens is 226 g/mol. The first-order chi connectivity index (χ1) is 8.81. The fraction of sp³-hybridized carbons (Fsp3) is 0.429. The van der Waals surface area contributed by atoms with Crippen molar-refractivity contribution in [3.05, 3.63) is 35.2 Å². The lowest BCUT2D eigenvalue weighted by Crippen LogP contribution is -1.99. The van der Waals surface area contributed by atoms with Gasteiger partial charge in [0.05, 0.1) is 0 Å². The summed E-state index contributed by atoms with van der Waals surface area (Å²) in [6.45, 7) is 4.12. The first kappa shape index (κ1) is 10.3. The third kappa shape index (κ3) is 1.56. The van der Waals surface area contributed by atoms with Crippen molar-refractivity contribution >= 4 is 0 Å². The molecule has 4 rings (SSSR count).